The summed E-state index contributed by atoms with van der Waals surface area (Å²) in [6.45, 7) is 0. The van der Waals surface area contributed by atoms with Crippen LogP contribution in [0.4, 0.5) is 15.9 Å². The van der Waals surface area contributed by atoms with E-state index in [9.17, 15) is 9.18 Å². The Kier molecular flexibility index (Phi) is 5.15. The second kappa shape index (κ2) is 6.69. The SMILES string of the molecule is NNc1ncc(Br)cc1C(=O)Nc1c(Cl)cc(F)cc1Br. The molecule has 0 unspecified atom stereocenters. The standard InChI is InChI=1S/C12H8Br2ClFN4O/c13-5-1-7(11(20-17)18-4-5)12(21)19-10-8(14)2-6(16)3-9(10)15/h1-4H,17H2,(H,18,20)(H,19,21). The molecule has 4 N–H and O–H groups in total. The molecule has 0 radical (unpaired) electrons. The van der Waals surface area contributed by atoms with Crippen LogP contribution in [0.1, 0.15) is 10.4 Å². The fourth-order valence-corrected chi connectivity index (χ4v) is 2.80. The number of benzene rings is 1. The third kappa shape index (κ3) is 3.70. The number of pyridine rings is 1. The van der Waals surface area contributed by atoms with Gasteiger partial charge in [-0.2, -0.15) is 0 Å². The molecule has 9 heteroatoms. The van der Waals surface area contributed by atoms with Gasteiger partial charge in [-0.3, -0.25) is 4.79 Å². The number of nitrogen functional groups attached to an aromatic ring is 1. The first-order chi connectivity index (χ1) is 9.92. The molecule has 1 heterocycles. The molecule has 1 amide bonds. The number of nitrogens with zero attached hydrogens (tertiary/aromatic N) is 1. The molecule has 0 aliphatic carbocycles. The number of hydrogen-bond donors (Lipinski definition) is 3. The van der Waals surface area contributed by atoms with Crippen LogP contribution in [-0.2, 0) is 0 Å². The van der Waals surface area contributed by atoms with Crippen molar-refractivity contribution in [3.63, 3.8) is 0 Å². The highest BCUT2D eigenvalue weighted by atomic mass is 79.9. The van der Waals surface area contributed by atoms with Crippen molar-refractivity contribution in [2.24, 2.45) is 5.84 Å². The number of amides is 1. The van der Waals surface area contributed by atoms with E-state index in [2.05, 4.69) is 47.6 Å². The van der Waals surface area contributed by atoms with E-state index in [1.165, 1.54) is 12.3 Å². The van der Waals surface area contributed by atoms with Crippen molar-refractivity contribution in [2.75, 3.05) is 10.7 Å². The summed E-state index contributed by atoms with van der Waals surface area (Å²) in [5.41, 5.74) is 2.79. The van der Waals surface area contributed by atoms with E-state index < -0.39 is 11.7 Å². The molecule has 2 rings (SSSR count). The molecule has 0 aliphatic rings. The van der Waals surface area contributed by atoms with Gasteiger partial charge in [0.15, 0.2) is 5.82 Å². The van der Waals surface area contributed by atoms with Gasteiger partial charge in [-0.05, 0) is 50.1 Å². The minimum Gasteiger partial charge on any atom is -0.320 e. The van der Waals surface area contributed by atoms with Gasteiger partial charge in [0.05, 0.1) is 16.3 Å². The van der Waals surface area contributed by atoms with Crippen molar-refractivity contribution >= 4 is 60.9 Å². The normalized spacial score (nSPS) is 10.3. The Morgan fingerprint density at radius 1 is 1.33 bits per heavy atom. The second-order valence-corrected chi connectivity index (χ2v) is 6.07. The molecule has 0 saturated heterocycles. The molecule has 21 heavy (non-hydrogen) atoms. The number of anilines is 2. The number of aromatic nitrogens is 1. The van der Waals surface area contributed by atoms with E-state index in [0.29, 0.717) is 8.95 Å². The van der Waals surface area contributed by atoms with Crippen LogP contribution in [0, 0.1) is 5.82 Å². The van der Waals surface area contributed by atoms with Gasteiger partial charge in [0.1, 0.15) is 5.82 Å². The molecule has 110 valence electrons. The Morgan fingerprint density at radius 3 is 2.67 bits per heavy atom. The van der Waals surface area contributed by atoms with E-state index in [1.54, 1.807) is 6.07 Å². The zero-order valence-electron chi connectivity index (χ0n) is 10.3. The molecule has 0 atom stereocenters. The predicted molar refractivity (Wildman–Crippen MR) is 86.8 cm³/mol. The number of nitrogens with one attached hydrogen (secondary N) is 2. The van der Waals surface area contributed by atoms with Crippen LogP contribution < -0.4 is 16.6 Å². The zero-order chi connectivity index (χ0) is 15.6. The minimum atomic E-state index is -0.515. The molecule has 1 aromatic carbocycles. The van der Waals surface area contributed by atoms with Gasteiger partial charge in [-0.25, -0.2) is 15.2 Å². The average Bonchev–Trinajstić information content (AvgIpc) is 2.42. The van der Waals surface area contributed by atoms with Gasteiger partial charge in [0, 0.05) is 15.1 Å². The quantitative estimate of drug-likeness (QED) is 0.501. The van der Waals surface area contributed by atoms with Gasteiger partial charge in [0.2, 0.25) is 0 Å². The highest BCUT2D eigenvalue weighted by molar-refractivity contribution is 9.10. The highest BCUT2D eigenvalue weighted by Gasteiger charge is 2.16. The number of hydrazine groups is 1. The predicted octanol–water partition coefficient (Wildman–Crippen LogP) is 3.94. The van der Waals surface area contributed by atoms with E-state index >= 15 is 0 Å². The van der Waals surface area contributed by atoms with Crippen LogP contribution in [0.3, 0.4) is 0 Å². The Labute approximate surface area is 141 Å². The summed E-state index contributed by atoms with van der Waals surface area (Å²) in [4.78, 5) is 16.3. The molecule has 1 aromatic heterocycles. The lowest BCUT2D eigenvalue weighted by Gasteiger charge is -2.12. The second-order valence-electron chi connectivity index (χ2n) is 3.89. The number of hydrogen-bond acceptors (Lipinski definition) is 4. The van der Waals surface area contributed by atoms with Crippen molar-refractivity contribution in [1.29, 1.82) is 0 Å². The Bertz CT molecular complexity index is 691. The Hall–Kier alpha value is -1.22. The number of carbonyl (C=O) groups excluding carboxylic acids is 1. The largest absolute Gasteiger partial charge is 0.320 e. The van der Waals surface area contributed by atoms with Crippen molar-refractivity contribution in [3.05, 3.63) is 49.7 Å². The fourth-order valence-electron chi connectivity index (χ4n) is 1.57. The maximum atomic E-state index is 13.2. The van der Waals surface area contributed by atoms with Crippen LogP contribution in [0.5, 0.6) is 0 Å². The summed E-state index contributed by atoms with van der Waals surface area (Å²) < 4.78 is 14.1. The van der Waals surface area contributed by atoms with Gasteiger partial charge in [-0.15, -0.1) is 0 Å². The summed E-state index contributed by atoms with van der Waals surface area (Å²) in [6, 6.07) is 3.84. The molecule has 2 aromatic rings. The number of rotatable bonds is 3. The van der Waals surface area contributed by atoms with Crippen molar-refractivity contribution < 1.29 is 9.18 Å². The molecule has 0 aliphatic heterocycles. The van der Waals surface area contributed by atoms with Crippen LogP contribution >= 0.6 is 43.5 Å². The monoisotopic (exact) mass is 436 g/mol. The molecule has 0 bridgehead atoms. The maximum absolute atomic E-state index is 13.2. The van der Waals surface area contributed by atoms with Gasteiger partial charge in [-0.1, -0.05) is 11.6 Å². The lowest BCUT2D eigenvalue weighted by atomic mass is 10.2. The van der Waals surface area contributed by atoms with Crippen LogP contribution in [0.15, 0.2) is 33.3 Å². The number of carbonyl (C=O) groups is 1. The molecule has 0 fully saturated rings. The van der Waals surface area contributed by atoms with E-state index in [0.717, 1.165) is 6.07 Å². The van der Waals surface area contributed by atoms with Crippen LogP contribution in [0.2, 0.25) is 5.02 Å². The highest BCUT2D eigenvalue weighted by Crippen LogP contribution is 2.32. The summed E-state index contributed by atoms with van der Waals surface area (Å²) in [5.74, 6) is 4.51. The zero-order valence-corrected chi connectivity index (χ0v) is 14.2. The lowest BCUT2D eigenvalue weighted by molar-refractivity contribution is 0.102. The van der Waals surface area contributed by atoms with Gasteiger partial charge < -0.3 is 10.7 Å². The molecule has 5 nitrogen and oxygen atoms in total. The van der Waals surface area contributed by atoms with E-state index in [4.69, 9.17) is 17.4 Å². The summed E-state index contributed by atoms with van der Waals surface area (Å²) in [5, 5.41) is 2.65. The topological polar surface area (TPSA) is 80.0 Å². The minimum absolute atomic E-state index is 0.0699. The molecule has 0 saturated carbocycles. The van der Waals surface area contributed by atoms with E-state index in [-0.39, 0.29) is 22.1 Å². The van der Waals surface area contributed by atoms with Crippen LogP contribution in [0.25, 0.3) is 0 Å². The third-order valence-corrected chi connectivity index (χ3v) is 3.84. The first-order valence-electron chi connectivity index (χ1n) is 5.50. The summed E-state index contributed by atoms with van der Waals surface area (Å²) in [6.07, 6.45) is 1.49. The molecular formula is C12H8Br2ClFN4O. The average molecular weight is 438 g/mol. The number of halogens is 4. The first-order valence-corrected chi connectivity index (χ1v) is 7.47. The lowest BCUT2D eigenvalue weighted by Crippen LogP contribution is -2.18. The van der Waals surface area contributed by atoms with Crippen molar-refractivity contribution in [2.45, 2.75) is 0 Å². The molecular weight excluding hydrogens is 430 g/mol. The summed E-state index contributed by atoms with van der Waals surface area (Å²) >= 11 is 12.3. The Morgan fingerprint density at radius 2 is 2.05 bits per heavy atom. The van der Waals surface area contributed by atoms with E-state index in [1.807, 2.05) is 0 Å². The molecule has 0 spiro atoms. The van der Waals surface area contributed by atoms with Crippen LogP contribution in [-0.4, -0.2) is 10.9 Å². The summed E-state index contributed by atoms with van der Waals surface area (Å²) in [7, 11) is 0. The van der Waals surface area contributed by atoms with Crippen molar-refractivity contribution in [3.8, 4) is 0 Å². The number of nitrogens with two attached hydrogens (primary N) is 1. The van der Waals surface area contributed by atoms with Gasteiger partial charge >= 0.3 is 0 Å². The third-order valence-electron chi connectivity index (χ3n) is 2.48. The van der Waals surface area contributed by atoms with Crippen molar-refractivity contribution in [1.82, 2.24) is 4.98 Å². The fraction of sp³-hybridized carbons (Fsp3) is 0. The first kappa shape index (κ1) is 16.2. The smallest absolute Gasteiger partial charge is 0.259 e. The Balaban J connectivity index is 2.37. The maximum Gasteiger partial charge on any atom is 0.259 e. The van der Waals surface area contributed by atoms with Gasteiger partial charge in [0.25, 0.3) is 5.91 Å².